The minimum Gasteiger partial charge on any atom is -0.309 e. The van der Waals surface area contributed by atoms with Crippen molar-refractivity contribution in [3.05, 3.63) is 38.9 Å². The zero-order valence-corrected chi connectivity index (χ0v) is 11.1. The number of fused-ring (bicyclic) bond motifs is 1. The number of hydrogen-bond acceptors (Lipinski definition) is 2. The molecule has 0 saturated carbocycles. The maximum absolute atomic E-state index is 11.5. The van der Waals surface area contributed by atoms with E-state index >= 15 is 0 Å². The van der Waals surface area contributed by atoms with Crippen molar-refractivity contribution in [1.29, 1.82) is 0 Å². The normalized spacial score (nSPS) is 12.0. The Morgan fingerprint density at radius 3 is 2.62 bits per heavy atom. The fourth-order valence-electron chi connectivity index (χ4n) is 1.71. The molecule has 2 rings (SSSR count). The zero-order chi connectivity index (χ0) is 11.9. The van der Waals surface area contributed by atoms with Crippen LogP contribution in [0, 0.1) is 0 Å². The highest BCUT2D eigenvalue weighted by atomic mass is 79.9. The van der Waals surface area contributed by atoms with Crippen LogP contribution in [0.15, 0.2) is 27.5 Å². The summed E-state index contributed by atoms with van der Waals surface area (Å²) in [5.74, 6) is 0. The summed E-state index contributed by atoms with van der Waals surface area (Å²) in [4.78, 5) is 18.3. The first-order valence-electron chi connectivity index (χ1n) is 5.08. The summed E-state index contributed by atoms with van der Waals surface area (Å²) in [5, 5.41) is 0.996. The third-order valence-corrected chi connectivity index (χ3v) is 2.93. The highest BCUT2D eigenvalue weighted by molar-refractivity contribution is 9.10. The van der Waals surface area contributed by atoms with Crippen LogP contribution >= 0.6 is 15.9 Å². The Bertz CT molecular complexity index is 596. The Balaban J connectivity index is 2.89. The summed E-state index contributed by atoms with van der Waals surface area (Å²) in [7, 11) is 0. The predicted octanol–water partition coefficient (Wildman–Crippen LogP) is 2.98. The molecule has 4 heteroatoms. The van der Waals surface area contributed by atoms with Gasteiger partial charge in [0, 0.05) is 21.0 Å². The quantitative estimate of drug-likeness (QED) is 0.806. The second kappa shape index (κ2) is 3.70. The molecule has 0 fully saturated rings. The van der Waals surface area contributed by atoms with Gasteiger partial charge in [0.05, 0.1) is 5.52 Å². The Morgan fingerprint density at radius 2 is 2.00 bits per heavy atom. The Morgan fingerprint density at radius 1 is 1.31 bits per heavy atom. The van der Waals surface area contributed by atoms with E-state index in [9.17, 15) is 4.79 Å². The van der Waals surface area contributed by atoms with Crippen LogP contribution in [0.3, 0.4) is 0 Å². The van der Waals surface area contributed by atoms with Gasteiger partial charge in [-0.2, -0.15) is 4.98 Å². The van der Waals surface area contributed by atoms with Crippen LogP contribution in [0.5, 0.6) is 0 Å². The van der Waals surface area contributed by atoms with Crippen molar-refractivity contribution in [2.75, 3.05) is 0 Å². The van der Waals surface area contributed by atoms with Crippen molar-refractivity contribution in [3.8, 4) is 0 Å². The molecule has 1 N–H and O–H groups in total. The number of benzene rings is 1. The molecule has 0 unspecified atom stereocenters. The fraction of sp³-hybridized carbons (Fsp3) is 0.333. The first-order chi connectivity index (χ1) is 7.38. The summed E-state index contributed by atoms with van der Waals surface area (Å²) in [6.45, 7) is 6.21. The SMILES string of the molecule is CC(C)(C)c1[nH]c(=O)nc2cc(Br)ccc12. The van der Waals surface area contributed by atoms with Gasteiger partial charge >= 0.3 is 5.69 Å². The first-order valence-corrected chi connectivity index (χ1v) is 5.87. The standard InChI is InChI=1S/C12H13BrN2O/c1-12(2,3)10-8-5-4-7(13)6-9(8)14-11(16)15-10/h4-6H,1-3H3,(H,14,15,16). The molecular weight excluding hydrogens is 268 g/mol. The molecule has 0 amide bonds. The summed E-state index contributed by atoms with van der Waals surface area (Å²) >= 11 is 3.38. The van der Waals surface area contributed by atoms with Gasteiger partial charge in [0.1, 0.15) is 0 Å². The molecule has 84 valence electrons. The zero-order valence-electron chi connectivity index (χ0n) is 9.47. The Hall–Kier alpha value is -1.16. The fourth-order valence-corrected chi connectivity index (χ4v) is 2.06. The van der Waals surface area contributed by atoms with Crippen LogP contribution in [0.4, 0.5) is 0 Å². The monoisotopic (exact) mass is 280 g/mol. The molecule has 0 spiro atoms. The van der Waals surface area contributed by atoms with Gasteiger partial charge in [-0.1, -0.05) is 36.7 Å². The van der Waals surface area contributed by atoms with Gasteiger partial charge in [-0.3, -0.25) is 0 Å². The average molecular weight is 281 g/mol. The minimum atomic E-state index is -0.296. The molecule has 1 aromatic carbocycles. The van der Waals surface area contributed by atoms with E-state index in [-0.39, 0.29) is 11.1 Å². The molecule has 1 heterocycles. The lowest BCUT2D eigenvalue weighted by molar-refractivity contribution is 0.571. The van der Waals surface area contributed by atoms with E-state index in [1.54, 1.807) is 0 Å². The molecule has 0 aliphatic carbocycles. The van der Waals surface area contributed by atoms with E-state index in [2.05, 4.69) is 46.7 Å². The predicted molar refractivity (Wildman–Crippen MR) is 68.8 cm³/mol. The highest BCUT2D eigenvalue weighted by Crippen LogP contribution is 2.27. The van der Waals surface area contributed by atoms with E-state index in [4.69, 9.17) is 0 Å². The molecule has 16 heavy (non-hydrogen) atoms. The van der Waals surface area contributed by atoms with Crippen molar-refractivity contribution in [3.63, 3.8) is 0 Å². The van der Waals surface area contributed by atoms with Crippen LogP contribution < -0.4 is 5.69 Å². The molecule has 0 bridgehead atoms. The average Bonchev–Trinajstić information content (AvgIpc) is 2.14. The van der Waals surface area contributed by atoms with Crippen molar-refractivity contribution in [2.24, 2.45) is 0 Å². The highest BCUT2D eigenvalue weighted by Gasteiger charge is 2.18. The maximum Gasteiger partial charge on any atom is 0.345 e. The maximum atomic E-state index is 11.5. The van der Waals surface area contributed by atoms with Crippen LogP contribution in [-0.4, -0.2) is 9.97 Å². The molecule has 0 atom stereocenters. The van der Waals surface area contributed by atoms with E-state index in [0.29, 0.717) is 0 Å². The lowest BCUT2D eigenvalue weighted by atomic mass is 9.89. The number of H-pyrrole nitrogens is 1. The number of aromatic amines is 1. The Kier molecular flexibility index (Phi) is 2.62. The molecule has 3 nitrogen and oxygen atoms in total. The van der Waals surface area contributed by atoms with Gasteiger partial charge in [-0.05, 0) is 18.2 Å². The van der Waals surface area contributed by atoms with E-state index in [0.717, 1.165) is 21.1 Å². The van der Waals surface area contributed by atoms with Crippen LogP contribution in [0.25, 0.3) is 10.9 Å². The summed E-state index contributed by atoms with van der Waals surface area (Å²) in [6.07, 6.45) is 0. The smallest absolute Gasteiger partial charge is 0.309 e. The molecular formula is C12H13BrN2O. The largest absolute Gasteiger partial charge is 0.345 e. The number of aromatic nitrogens is 2. The molecule has 0 radical (unpaired) electrons. The molecule has 2 aromatic rings. The second-order valence-corrected chi connectivity index (χ2v) is 5.74. The van der Waals surface area contributed by atoms with Gasteiger partial charge in [0.2, 0.25) is 0 Å². The van der Waals surface area contributed by atoms with E-state index in [1.165, 1.54) is 0 Å². The van der Waals surface area contributed by atoms with Crippen molar-refractivity contribution < 1.29 is 0 Å². The van der Waals surface area contributed by atoms with Crippen LogP contribution in [-0.2, 0) is 5.41 Å². The number of nitrogens with zero attached hydrogens (tertiary/aromatic N) is 1. The van der Waals surface area contributed by atoms with E-state index in [1.807, 2.05) is 18.2 Å². The van der Waals surface area contributed by atoms with Gasteiger partial charge in [-0.15, -0.1) is 0 Å². The number of hydrogen-bond donors (Lipinski definition) is 1. The van der Waals surface area contributed by atoms with Gasteiger partial charge < -0.3 is 4.98 Å². The number of rotatable bonds is 0. The van der Waals surface area contributed by atoms with Gasteiger partial charge in [0.25, 0.3) is 0 Å². The topological polar surface area (TPSA) is 45.8 Å². The summed E-state index contributed by atoms with van der Waals surface area (Å²) in [6, 6.07) is 5.79. The summed E-state index contributed by atoms with van der Waals surface area (Å²) < 4.78 is 0.929. The van der Waals surface area contributed by atoms with Gasteiger partial charge in [-0.25, -0.2) is 4.79 Å². The van der Waals surface area contributed by atoms with Crippen LogP contribution in [0.2, 0.25) is 0 Å². The third kappa shape index (κ3) is 2.02. The molecule has 0 aliphatic heterocycles. The first kappa shape index (κ1) is 11.3. The number of halogens is 1. The van der Waals surface area contributed by atoms with Crippen LogP contribution in [0.1, 0.15) is 26.5 Å². The van der Waals surface area contributed by atoms with Gasteiger partial charge in [0.15, 0.2) is 0 Å². The van der Waals surface area contributed by atoms with Crippen molar-refractivity contribution in [1.82, 2.24) is 9.97 Å². The third-order valence-electron chi connectivity index (χ3n) is 2.43. The second-order valence-electron chi connectivity index (χ2n) is 4.83. The lowest BCUT2D eigenvalue weighted by Crippen LogP contribution is -2.21. The Labute approximate surface area is 102 Å². The summed E-state index contributed by atoms with van der Waals surface area (Å²) in [5.41, 5.74) is 1.25. The van der Waals surface area contributed by atoms with Crippen molar-refractivity contribution >= 4 is 26.8 Å². The molecule has 0 aliphatic rings. The lowest BCUT2D eigenvalue weighted by Gasteiger charge is -2.20. The van der Waals surface area contributed by atoms with Crippen molar-refractivity contribution in [2.45, 2.75) is 26.2 Å². The molecule has 1 aromatic heterocycles. The molecule has 0 saturated heterocycles. The van der Waals surface area contributed by atoms with E-state index < -0.39 is 0 Å². The number of nitrogens with one attached hydrogen (secondary N) is 1. The minimum absolute atomic E-state index is 0.103.